The van der Waals surface area contributed by atoms with Crippen LogP contribution in [-0.4, -0.2) is 35.0 Å². The number of carboxylic acid groups (broad SMARTS) is 1. The lowest BCUT2D eigenvalue weighted by Gasteiger charge is -2.38. The fourth-order valence-electron chi connectivity index (χ4n) is 2.49. The van der Waals surface area contributed by atoms with E-state index >= 15 is 0 Å². The maximum atomic E-state index is 11.9. The van der Waals surface area contributed by atoms with Gasteiger partial charge in [-0.1, -0.05) is 12.8 Å². The van der Waals surface area contributed by atoms with Crippen molar-refractivity contribution < 1.29 is 19.5 Å². The molecule has 0 aromatic carbocycles. The molecule has 3 atom stereocenters. The Hall–Kier alpha value is -1.59. The lowest BCUT2D eigenvalue weighted by atomic mass is 9.71. The predicted octanol–water partition coefficient (Wildman–Crippen LogP) is 0.661. The standard InChI is InChI=1S/C13H22N2O4/c1-8(14-9(2)16)11(17)15-10-6-4-5-7-13(10,3)12(18)19/h8,10H,4-7H2,1-3H3,(H,14,16)(H,15,17)(H,18,19). The number of carbonyl (C=O) groups is 3. The highest BCUT2D eigenvalue weighted by Gasteiger charge is 2.44. The number of amides is 2. The van der Waals surface area contributed by atoms with E-state index in [0.717, 1.165) is 12.8 Å². The molecule has 6 heteroatoms. The molecule has 3 unspecified atom stereocenters. The minimum atomic E-state index is -0.927. The molecule has 0 aromatic rings. The van der Waals surface area contributed by atoms with Crippen molar-refractivity contribution in [3.8, 4) is 0 Å². The van der Waals surface area contributed by atoms with E-state index in [1.807, 2.05) is 0 Å². The zero-order chi connectivity index (χ0) is 14.6. The number of nitrogens with one attached hydrogen (secondary N) is 2. The molecule has 1 fully saturated rings. The lowest BCUT2D eigenvalue weighted by Crippen LogP contribution is -2.56. The van der Waals surface area contributed by atoms with Crippen molar-refractivity contribution in [2.75, 3.05) is 0 Å². The second-order valence-corrected chi connectivity index (χ2v) is 5.45. The highest BCUT2D eigenvalue weighted by molar-refractivity contribution is 5.87. The molecular weight excluding hydrogens is 248 g/mol. The van der Waals surface area contributed by atoms with Gasteiger partial charge in [-0.3, -0.25) is 14.4 Å². The second-order valence-electron chi connectivity index (χ2n) is 5.45. The van der Waals surface area contributed by atoms with Crippen molar-refractivity contribution in [3.05, 3.63) is 0 Å². The quantitative estimate of drug-likeness (QED) is 0.699. The first kappa shape index (κ1) is 15.5. The van der Waals surface area contributed by atoms with E-state index in [9.17, 15) is 19.5 Å². The summed E-state index contributed by atoms with van der Waals surface area (Å²) in [5, 5.41) is 14.6. The number of hydrogen-bond donors (Lipinski definition) is 3. The molecule has 0 heterocycles. The summed E-state index contributed by atoms with van der Waals surface area (Å²) >= 11 is 0. The Balaban J connectivity index is 2.70. The Bertz CT molecular complexity index is 383. The summed E-state index contributed by atoms with van der Waals surface area (Å²) in [6, 6.07) is -1.04. The highest BCUT2D eigenvalue weighted by Crippen LogP contribution is 2.36. The normalized spacial score (nSPS) is 28.3. The minimum Gasteiger partial charge on any atom is -0.481 e. The molecule has 0 bridgehead atoms. The van der Waals surface area contributed by atoms with E-state index < -0.39 is 17.4 Å². The first-order valence-electron chi connectivity index (χ1n) is 6.58. The Morgan fingerprint density at radius 2 is 1.95 bits per heavy atom. The van der Waals surface area contributed by atoms with Crippen LogP contribution >= 0.6 is 0 Å². The number of rotatable bonds is 4. The summed E-state index contributed by atoms with van der Waals surface area (Å²) in [4.78, 5) is 34.2. The van der Waals surface area contributed by atoms with Gasteiger partial charge in [-0.2, -0.15) is 0 Å². The summed E-state index contributed by atoms with van der Waals surface area (Å²) < 4.78 is 0. The van der Waals surface area contributed by atoms with Crippen LogP contribution in [0, 0.1) is 5.41 Å². The number of aliphatic carboxylic acids is 1. The van der Waals surface area contributed by atoms with Gasteiger partial charge in [0.15, 0.2) is 0 Å². The lowest BCUT2D eigenvalue weighted by molar-refractivity contribution is -0.152. The molecule has 3 N–H and O–H groups in total. The van der Waals surface area contributed by atoms with Gasteiger partial charge in [-0.15, -0.1) is 0 Å². The molecule has 1 aliphatic carbocycles. The summed E-state index contributed by atoms with van der Waals surface area (Å²) in [5.41, 5.74) is -0.927. The zero-order valence-corrected chi connectivity index (χ0v) is 11.7. The number of carbonyl (C=O) groups excluding carboxylic acids is 2. The largest absolute Gasteiger partial charge is 0.481 e. The van der Waals surface area contributed by atoms with Crippen LogP contribution in [-0.2, 0) is 14.4 Å². The smallest absolute Gasteiger partial charge is 0.311 e. The van der Waals surface area contributed by atoms with E-state index in [0.29, 0.717) is 12.8 Å². The first-order chi connectivity index (χ1) is 8.77. The van der Waals surface area contributed by atoms with E-state index in [4.69, 9.17) is 0 Å². The summed E-state index contributed by atoms with van der Waals surface area (Å²) in [7, 11) is 0. The molecule has 0 aromatic heterocycles. The van der Waals surface area contributed by atoms with Crippen LogP contribution in [0.2, 0.25) is 0 Å². The third kappa shape index (κ3) is 3.68. The Kier molecular flexibility index (Phi) is 4.91. The van der Waals surface area contributed by atoms with Gasteiger partial charge >= 0.3 is 5.97 Å². The van der Waals surface area contributed by atoms with Gasteiger partial charge in [0.05, 0.1) is 5.41 Å². The summed E-state index contributed by atoms with van der Waals surface area (Å²) in [6.45, 7) is 4.59. The Morgan fingerprint density at radius 3 is 2.47 bits per heavy atom. The van der Waals surface area contributed by atoms with Crippen LogP contribution in [0.4, 0.5) is 0 Å². The van der Waals surface area contributed by atoms with Crippen LogP contribution in [0.15, 0.2) is 0 Å². The fraction of sp³-hybridized carbons (Fsp3) is 0.769. The predicted molar refractivity (Wildman–Crippen MR) is 69.4 cm³/mol. The number of carboxylic acids is 1. The van der Waals surface area contributed by atoms with E-state index in [-0.39, 0.29) is 17.9 Å². The molecule has 6 nitrogen and oxygen atoms in total. The molecule has 0 spiro atoms. The minimum absolute atomic E-state index is 0.285. The molecule has 0 aliphatic heterocycles. The van der Waals surface area contributed by atoms with Gasteiger partial charge in [0.2, 0.25) is 11.8 Å². The van der Waals surface area contributed by atoms with E-state index in [1.54, 1.807) is 13.8 Å². The monoisotopic (exact) mass is 270 g/mol. The van der Waals surface area contributed by atoms with Crippen LogP contribution in [0.1, 0.15) is 46.5 Å². The van der Waals surface area contributed by atoms with Crippen molar-refractivity contribution in [3.63, 3.8) is 0 Å². The van der Waals surface area contributed by atoms with E-state index in [2.05, 4.69) is 10.6 Å². The average Bonchev–Trinajstić information content (AvgIpc) is 2.31. The molecule has 1 rings (SSSR count). The van der Waals surface area contributed by atoms with Crippen molar-refractivity contribution in [1.29, 1.82) is 0 Å². The van der Waals surface area contributed by atoms with Gasteiger partial charge < -0.3 is 15.7 Å². The topological polar surface area (TPSA) is 95.5 Å². The zero-order valence-electron chi connectivity index (χ0n) is 11.7. The fourth-order valence-corrected chi connectivity index (χ4v) is 2.49. The maximum absolute atomic E-state index is 11.9. The van der Waals surface area contributed by atoms with Gasteiger partial charge in [0, 0.05) is 13.0 Å². The molecular formula is C13H22N2O4. The van der Waals surface area contributed by atoms with Gasteiger partial charge in [0.25, 0.3) is 0 Å². The van der Waals surface area contributed by atoms with Gasteiger partial charge in [0.1, 0.15) is 6.04 Å². The van der Waals surface area contributed by atoms with Crippen LogP contribution < -0.4 is 10.6 Å². The first-order valence-corrected chi connectivity index (χ1v) is 6.58. The van der Waals surface area contributed by atoms with Crippen molar-refractivity contribution in [2.45, 2.75) is 58.5 Å². The SMILES string of the molecule is CC(=O)NC(C)C(=O)NC1CCCCC1(C)C(=O)O. The molecule has 1 saturated carbocycles. The summed E-state index contributed by atoms with van der Waals surface area (Å²) in [6.07, 6.45) is 2.97. The third-order valence-electron chi connectivity index (χ3n) is 3.83. The van der Waals surface area contributed by atoms with Crippen molar-refractivity contribution in [1.82, 2.24) is 10.6 Å². The van der Waals surface area contributed by atoms with Crippen LogP contribution in [0.25, 0.3) is 0 Å². The van der Waals surface area contributed by atoms with Gasteiger partial charge in [-0.05, 0) is 26.7 Å². The Morgan fingerprint density at radius 1 is 1.32 bits per heavy atom. The van der Waals surface area contributed by atoms with Crippen LogP contribution in [0.5, 0.6) is 0 Å². The van der Waals surface area contributed by atoms with E-state index in [1.165, 1.54) is 6.92 Å². The molecule has 108 valence electrons. The second kappa shape index (κ2) is 6.04. The third-order valence-corrected chi connectivity index (χ3v) is 3.83. The highest BCUT2D eigenvalue weighted by atomic mass is 16.4. The van der Waals surface area contributed by atoms with Crippen LogP contribution in [0.3, 0.4) is 0 Å². The maximum Gasteiger partial charge on any atom is 0.311 e. The summed E-state index contributed by atoms with van der Waals surface area (Å²) in [5.74, 6) is -1.51. The Labute approximate surface area is 112 Å². The van der Waals surface area contributed by atoms with Crippen molar-refractivity contribution >= 4 is 17.8 Å². The molecule has 0 radical (unpaired) electrons. The molecule has 2 amide bonds. The molecule has 19 heavy (non-hydrogen) atoms. The molecule has 1 aliphatic rings. The number of hydrogen-bond acceptors (Lipinski definition) is 3. The van der Waals surface area contributed by atoms with Gasteiger partial charge in [-0.25, -0.2) is 0 Å². The molecule has 0 saturated heterocycles. The van der Waals surface area contributed by atoms with Crippen molar-refractivity contribution in [2.24, 2.45) is 5.41 Å². The average molecular weight is 270 g/mol.